The lowest BCUT2D eigenvalue weighted by Gasteiger charge is -2.34. The van der Waals surface area contributed by atoms with Crippen LogP contribution in [-0.2, 0) is 14.8 Å². The molecule has 24 heavy (non-hydrogen) atoms. The van der Waals surface area contributed by atoms with Crippen LogP contribution in [-0.4, -0.2) is 83.5 Å². The lowest BCUT2D eigenvalue weighted by molar-refractivity contribution is -0.900. The highest BCUT2D eigenvalue weighted by Crippen LogP contribution is 2.26. The van der Waals surface area contributed by atoms with Crippen molar-refractivity contribution in [1.29, 1.82) is 0 Å². The summed E-state index contributed by atoms with van der Waals surface area (Å²) in [5.74, 6) is 0. The number of aliphatic hydroxyl groups is 1. The lowest BCUT2D eigenvalue weighted by atomic mass is 10.2. The Hall–Kier alpha value is -1.26. The predicted molar refractivity (Wildman–Crippen MR) is 87.4 cm³/mol. The highest BCUT2D eigenvalue weighted by molar-refractivity contribution is 7.89. The Labute approximate surface area is 142 Å². The number of nitrogens with zero attached hydrogens (tertiary/aromatic N) is 2. The molecule has 0 aromatic carbocycles. The SMILES string of the molecule is O=S(=O)(c1c[nH+]ccc1N1CC[NH+](CCO)CC1)N1CCOCC1. The van der Waals surface area contributed by atoms with Gasteiger partial charge in [0.2, 0.25) is 0 Å². The molecule has 8 nitrogen and oxygen atoms in total. The van der Waals surface area contributed by atoms with Crippen LogP contribution in [0.2, 0.25) is 0 Å². The smallest absolute Gasteiger partial charge is 0.251 e. The van der Waals surface area contributed by atoms with Gasteiger partial charge < -0.3 is 19.6 Å². The third-order valence-corrected chi connectivity index (χ3v) is 6.60. The summed E-state index contributed by atoms with van der Waals surface area (Å²) in [5.41, 5.74) is 0.753. The van der Waals surface area contributed by atoms with E-state index in [2.05, 4.69) is 9.88 Å². The Morgan fingerprint density at radius 1 is 1.21 bits per heavy atom. The average Bonchev–Trinajstić information content (AvgIpc) is 2.63. The molecule has 0 spiro atoms. The van der Waals surface area contributed by atoms with Gasteiger partial charge in [0, 0.05) is 19.2 Å². The Morgan fingerprint density at radius 2 is 1.92 bits per heavy atom. The van der Waals surface area contributed by atoms with Crippen LogP contribution in [0.3, 0.4) is 0 Å². The van der Waals surface area contributed by atoms with Crippen molar-refractivity contribution in [1.82, 2.24) is 4.31 Å². The number of morpholine rings is 1. The summed E-state index contributed by atoms with van der Waals surface area (Å²) in [6, 6.07) is 1.84. The van der Waals surface area contributed by atoms with Crippen molar-refractivity contribution >= 4 is 15.7 Å². The number of ether oxygens (including phenoxy) is 1. The topological polar surface area (TPSA) is 88.7 Å². The minimum atomic E-state index is -3.53. The average molecular weight is 358 g/mol. The molecule has 3 heterocycles. The first kappa shape index (κ1) is 17.6. The molecule has 3 N–H and O–H groups in total. The van der Waals surface area contributed by atoms with E-state index in [1.165, 1.54) is 9.21 Å². The summed E-state index contributed by atoms with van der Waals surface area (Å²) in [5, 5.41) is 9.06. The van der Waals surface area contributed by atoms with Gasteiger partial charge >= 0.3 is 0 Å². The van der Waals surface area contributed by atoms with Crippen molar-refractivity contribution in [3.8, 4) is 0 Å². The fraction of sp³-hybridized carbons (Fsp3) is 0.667. The molecule has 134 valence electrons. The molecular weight excluding hydrogens is 332 g/mol. The number of nitrogens with one attached hydrogen (secondary N) is 2. The molecule has 2 fully saturated rings. The number of piperazine rings is 1. The minimum Gasteiger partial charge on any atom is -0.391 e. The van der Waals surface area contributed by atoms with Crippen LogP contribution in [0.1, 0.15) is 0 Å². The number of quaternary nitrogens is 1. The van der Waals surface area contributed by atoms with Gasteiger partial charge in [0.25, 0.3) is 10.0 Å². The second kappa shape index (κ2) is 7.75. The number of hydrogen-bond donors (Lipinski definition) is 2. The molecule has 0 aliphatic carbocycles. The Balaban J connectivity index is 1.81. The van der Waals surface area contributed by atoms with E-state index in [9.17, 15) is 8.42 Å². The first-order chi connectivity index (χ1) is 11.6. The largest absolute Gasteiger partial charge is 0.391 e. The zero-order valence-corrected chi connectivity index (χ0v) is 14.6. The van der Waals surface area contributed by atoms with E-state index in [-0.39, 0.29) is 6.61 Å². The number of H-pyrrole nitrogens is 1. The fourth-order valence-electron chi connectivity index (χ4n) is 3.27. The van der Waals surface area contributed by atoms with Gasteiger partial charge in [-0.3, -0.25) is 0 Å². The highest BCUT2D eigenvalue weighted by Gasteiger charge is 2.33. The number of aromatic nitrogens is 1. The summed E-state index contributed by atoms with van der Waals surface area (Å²) < 4.78 is 32.8. The molecular formula is C15H26N4O4S+2. The second-order valence-corrected chi connectivity index (χ2v) is 8.03. The summed E-state index contributed by atoms with van der Waals surface area (Å²) >= 11 is 0. The molecule has 0 unspecified atom stereocenters. The maximum absolute atomic E-state index is 13.0. The van der Waals surface area contributed by atoms with Crippen molar-refractivity contribution in [2.45, 2.75) is 4.90 Å². The molecule has 0 saturated carbocycles. The normalized spacial score (nSPS) is 21.1. The summed E-state index contributed by atoms with van der Waals surface area (Å²) in [6.07, 6.45) is 3.34. The maximum Gasteiger partial charge on any atom is 0.251 e. The van der Waals surface area contributed by atoms with Crippen LogP contribution >= 0.6 is 0 Å². The molecule has 0 atom stereocenters. The Morgan fingerprint density at radius 3 is 2.58 bits per heavy atom. The monoisotopic (exact) mass is 358 g/mol. The molecule has 2 saturated heterocycles. The van der Waals surface area contributed by atoms with Crippen molar-refractivity contribution in [3.63, 3.8) is 0 Å². The minimum absolute atomic E-state index is 0.187. The van der Waals surface area contributed by atoms with Crippen molar-refractivity contribution < 1.29 is 28.1 Å². The summed E-state index contributed by atoms with van der Waals surface area (Å²) in [4.78, 5) is 6.73. The van der Waals surface area contributed by atoms with Gasteiger partial charge in [-0.05, 0) is 0 Å². The molecule has 0 radical (unpaired) electrons. The molecule has 2 aliphatic heterocycles. The molecule has 0 amide bonds. The van der Waals surface area contributed by atoms with E-state index in [0.29, 0.717) is 31.2 Å². The van der Waals surface area contributed by atoms with Gasteiger partial charge in [-0.15, -0.1) is 0 Å². The zero-order valence-electron chi connectivity index (χ0n) is 13.8. The van der Waals surface area contributed by atoms with Crippen molar-refractivity contribution in [2.24, 2.45) is 0 Å². The van der Waals surface area contributed by atoms with E-state index in [1.807, 2.05) is 6.07 Å². The summed E-state index contributed by atoms with van der Waals surface area (Å²) in [6.45, 7) is 5.96. The van der Waals surface area contributed by atoms with Crippen molar-refractivity contribution in [2.75, 3.05) is 70.5 Å². The van der Waals surface area contributed by atoms with E-state index >= 15 is 0 Å². The van der Waals surface area contributed by atoms with Crippen LogP contribution in [0, 0.1) is 0 Å². The van der Waals surface area contributed by atoms with Gasteiger partial charge in [0.05, 0.1) is 51.7 Å². The quantitative estimate of drug-likeness (QED) is 0.594. The molecule has 1 aromatic heterocycles. The van der Waals surface area contributed by atoms with Crippen LogP contribution in [0.15, 0.2) is 23.4 Å². The lowest BCUT2D eigenvalue weighted by Crippen LogP contribution is -3.15. The number of aliphatic hydroxyl groups excluding tert-OH is 1. The number of aromatic amines is 1. The standard InChI is InChI=1S/C15H24N4O4S/c20-10-7-17-3-5-18(6-4-17)14-1-2-16-13-15(14)24(21,22)19-8-11-23-12-9-19/h1-2,13,20H,3-12H2/p+2. The Kier molecular flexibility index (Phi) is 5.67. The van der Waals surface area contributed by atoms with Gasteiger partial charge in [-0.25, -0.2) is 13.4 Å². The third-order valence-electron chi connectivity index (χ3n) is 4.67. The first-order valence-electron chi connectivity index (χ1n) is 8.40. The first-order valence-corrected chi connectivity index (χ1v) is 9.84. The maximum atomic E-state index is 13.0. The zero-order chi connectivity index (χ0) is 17.0. The molecule has 1 aromatic rings. The number of anilines is 1. The summed E-state index contributed by atoms with van der Waals surface area (Å²) in [7, 11) is -3.53. The molecule has 2 aliphatic rings. The van der Waals surface area contributed by atoms with Gasteiger partial charge in [-0.2, -0.15) is 4.31 Å². The number of rotatable bonds is 5. The van der Waals surface area contributed by atoms with E-state index in [1.54, 1.807) is 12.4 Å². The molecule has 9 heteroatoms. The molecule has 0 bridgehead atoms. The van der Waals surface area contributed by atoms with E-state index in [4.69, 9.17) is 9.84 Å². The molecule has 3 rings (SSSR count). The number of sulfonamides is 1. The van der Waals surface area contributed by atoms with E-state index < -0.39 is 10.0 Å². The van der Waals surface area contributed by atoms with Gasteiger partial charge in [-0.1, -0.05) is 0 Å². The van der Waals surface area contributed by atoms with Crippen molar-refractivity contribution in [3.05, 3.63) is 18.5 Å². The number of pyridine rings is 1. The van der Waals surface area contributed by atoms with Crippen LogP contribution in [0.4, 0.5) is 5.69 Å². The highest BCUT2D eigenvalue weighted by atomic mass is 32.2. The van der Waals surface area contributed by atoms with Crippen LogP contribution in [0.5, 0.6) is 0 Å². The van der Waals surface area contributed by atoms with Crippen LogP contribution in [0.25, 0.3) is 0 Å². The predicted octanol–water partition coefficient (Wildman–Crippen LogP) is -2.78. The van der Waals surface area contributed by atoms with Crippen LogP contribution < -0.4 is 14.8 Å². The number of hydrogen-bond acceptors (Lipinski definition) is 5. The van der Waals surface area contributed by atoms with Gasteiger partial charge in [0.15, 0.2) is 17.3 Å². The fourth-order valence-corrected chi connectivity index (χ4v) is 4.86. The van der Waals surface area contributed by atoms with Gasteiger partial charge in [0.1, 0.15) is 6.54 Å². The second-order valence-electron chi connectivity index (χ2n) is 6.12. The van der Waals surface area contributed by atoms with E-state index in [0.717, 1.165) is 38.4 Å². The Bertz CT molecular complexity index is 641. The third kappa shape index (κ3) is 3.70.